The average molecular weight is 524 g/mol. The van der Waals surface area contributed by atoms with Crippen LogP contribution in [0.5, 0.6) is 11.5 Å². The number of hydrogen-bond acceptors (Lipinski definition) is 7. The van der Waals surface area contributed by atoms with E-state index in [-0.39, 0.29) is 11.4 Å². The molecule has 35 heavy (non-hydrogen) atoms. The molecule has 1 aliphatic heterocycles. The molecule has 12 heteroatoms. The van der Waals surface area contributed by atoms with Gasteiger partial charge in [0.1, 0.15) is 11.9 Å². The number of sulfonamides is 1. The number of carbonyl (C=O) groups excluding carboxylic acids is 1. The molecule has 0 radical (unpaired) electrons. The second-order valence-corrected chi connectivity index (χ2v) is 10.8. The lowest BCUT2D eigenvalue weighted by Crippen LogP contribution is -2.40. The average Bonchev–Trinajstić information content (AvgIpc) is 3.47. The van der Waals surface area contributed by atoms with Gasteiger partial charge in [-0.15, -0.1) is 0 Å². The van der Waals surface area contributed by atoms with E-state index < -0.39 is 27.8 Å². The number of methoxy groups -OCH3 is 3. The second kappa shape index (κ2) is 10.4. The molecule has 0 N–H and O–H groups in total. The standard InChI is InChI=1S/C23H26FN3O6S2/c1-31-12-11-26-18-13-19(32-2)20(33-3)14-21(18)34-23(26)25-22(28)17-5-4-10-27(17)35(29,30)16-8-6-15(24)7-9-16/h6-9,13-14,17H,4-5,10-12H2,1-3H3. The van der Waals surface area contributed by atoms with Crippen LogP contribution >= 0.6 is 11.3 Å². The summed E-state index contributed by atoms with van der Waals surface area (Å²) in [5, 5.41) is 0. The van der Waals surface area contributed by atoms with Crippen LogP contribution in [0, 0.1) is 5.82 Å². The van der Waals surface area contributed by atoms with Crippen molar-refractivity contribution >= 4 is 37.5 Å². The van der Waals surface area contributed by atoms with Crippen molar-refractivity contribution in [3.8, 4) is 11.5 Å². The van der Waals surface area contributed by atoms with Gasteiger partial charge in [-0.05, 0) is 37.1 Å². The van der Waals surface area contributed by atoms with Gasteiger partial charge in [0.2, 0.25) is 10.0 Å². The van der Waals surface area contributed by atoms with Crippen LogP contribution in [0.25, 0.3) is 10.2 Å². The fourth-order valence-electron chi connectivity index (χ4n) is 4.07. The maximum Gasteiger partial charge on any atom is 0.266 e. The molecule has 2 heterocycles. The Morgan fingerprint density at radius 1 is 1.14 bits per heavy atom. The van der Waals surface area contributed by atoms with E-state index in [1.54, 1.807) is 21.3 Å². The molecule has 1 saturated heterocycles. The van der Waals surface area contributed by atoms with Crippen molar-refractivity contribution in [1.29, 1.82) is 0 Å². The van der Waals surface area contributed by atoms with E-state index in [9.17, 15) is 17.6 Å². The van der Waals surface area contributed by atoms with E-state index in [1.807, 2.05) is 16.7 Å². The van der Waals surface area contributed by atoms with Gasteiger partial charge in [-0.1, -0.05) is 11.3 Å². The van der Waals surface area contributed by atoms with E-state index >= 15 is 0 Å². The van der Waals surface area contributed by atoms with Crippen molar-refractivity contribution in [3.63, 3.8) is 0 Å². The molecule has 1 aliphatic rings. The molecular formula is C23H26FN3O6S2. The van der Waals surface area contributed by atoms with E-state index in [0.717, 1.165) is 26.7 Å². The number of hydrogen-bond donors (Lipinski definition) is 0. The monoisotopic (exact) mass is 523 g/mol. The molecule has 0 spiro atoms. The number of benzene rings is 2. The van der Waals surface area contributed by atoms with E-state index in [0.29, 0.717) is 42.3 Å². The molecule has 1 amide bonds. The first-order valence-electron chi connectivity index (χ1n) is 10.9. The first kappa shape index (κ1) is 25.3. The quantitative estimate of drug-likeness (QED) is 0.450. The van der Waals surface area contributed by atoms with Gasteiger partial charge < -0.3 is 18.8 Å². The summed E-state index contributed by atoms with van der Waals surface area (Å²) in [4.78, 5) is 18.0. The molecule has 4 rings (SSSR count). The Morgan fingerprint density at radius 3 is 2.49 bits per heavy atom. The molecule has 1 unspecified atom stereocenters. The minimum Gasteiger partial charge on any atom is -0.493 e. The zero-order chi connectivity index (χ0) is 25.2. The Kier molecular flexibility index (Phi) is 7.55. The SMILES string of the molecule is COCCn1c(=NC(=O)C2CCCN2S(=O)(=O)c2ccc(F)cc2)sc2cc(OC)c(OC)cc21. The molecular weight excluding hydrogens is 497 g/mol. The van der Waals surface area contributed by atoms with E-state index in [4.69, 9.17) is 14.2 Å². The lowest BCUT2D eigenvalue weighted by molar-refractivity contribution is -0.121. The van der Waals surface area contributed by atoms with Crippen molar-refractivity contribution in [3.05, 3.63) is 47.0 Å². The highest BCUT2D eigenvalue weighted by Gasteiger charge is 2.39. The fourth-order valence-corrected chi connectivity index (χ4v) is 6.79. The van der Waals surface area contributed by atoms with Gasteiger partial charge in [0.25, 0.3) is 5.91 Å². The summed E-state index contributed by atoms with van der Waals surface area (Å²) >= 11 is 1.29. The molecule has 1 aromatic heterocycles. The number of rotatable bonds is 8. The molecule has 188 valence electrons. The normalized spacial score (nSPS) is 17.3. The fraction of sp³-hybridized carbons (Fsp3) is 0.391. The zero-order valence-corrected chi connectivity index (χ0v) is 21.2. The van der Waals surface area contributed by atoms with E-state index in [2.05, 4.69) is 4.99 Å². The summed E-state index contributed by atoms with van der Waals surface area (Å²) in [5.74, 6) is -0.00365. The van der Waals surface area contributed by atoms with Gasteiger partial charge in [0, 0.05) is 32.3 Å². The predicted octanol–water partition coefficient (Wildman–Crippen LogP) is 2.79. The number of carbonyl (C=O) groups is 1. The van der Waals surface area contributed by atoms with Crippen molar-refractivity contribution in [2.45, 2.75) is 30.3 Å². The highest BCUT2D eigenvalue weighted by molar-refractivity contribution is 7.89. The van der Waals surface area contributed by atoms with Crippen LogP contribution < -0.4 is 14.3 Å². The summed E-state index contributed by atoms with van der Waals surface area (Å²) < 4.78 is 59.5. The number of aromatic nitrogens is 1. The van der Waals surface area contributed by atoms with Crippen LogP contribution in [0.2, 0.25) is 0 Å². The van der Waals surface area contributed by atoms with Gasteiger partial charge >= 0.3 is 0 Å². The summed E-state index contributed by atoms with van der Waals surface area (Å²) in [5.41, 5.74) is 0.790. The third-order valence-electron chi connectivity index (χ3n) is 5.82. The third-order valence-corrected chi connectivity index (χ3v) is 8.79. The minimum absolute atomic E-state index is 0.0604. The summed E-state index contributed by atoms with van der Waals surface area (Å²) in [7, 11) is 0.687. The Hall–Kier alpha value is -2.80. The Labute approximate surface area is 206 Å². The first-order valence-corrected chi connectivity index (χ1v) is 13.2. The predicted molar refractivity (Wildman–Crippen MR) is 129 cm³/mol. The molecule has 3 aromatic rings. The summed E-state index contributed by atoms with van der Waals surface area (Å²) in [6.07, 6.45) is 0.879. The van der Waals surface area contributed by atoms with Gasteiger partial charge in [0.15, 0.2) is 16.3 Å². The van der Waals surface area contributed by atoms with Crippen LogP contribution in [-0.2, 0) is 26.1 Å². The molecule has 0 aliphatic carbocycles. The molecule has 1 fully saturated rings. The van der Waals surface area contributed by atoms with E-state index in [1.165, 1.54) is 23.5 Å². The third kappa shape index (κ3) is 4.96. The zero-order valence-electron chi connectivity index (χ0n) is 19.6. The Bertz CT molecular complexity index is 1400. The van der Waals surface area contributed by atoms with Crippen molar-refractivity contribution in [2.24, 2.45) is 4.99 Å². The minimum atomic E-state index is -3.98. The maximum absolute atomic E-state index is 13.3. The van der Waals surface area contributed by atoms with Crippen molar-refractivity contribution in [2.75, 3.05) is 34.5 Å². The molecule has 0 bridgehead atoms. The smallest absolute Gasteiger partial charge is 0.266 e. The number of halogens is 1. The lowest BCUT2D eigenvalue weighted by Gasteiger charge is -2.21. The Morgan fingerprint density at radius 2 is 1.83 bits per heavy atom. The first-order chi connectivity index (χ1) is 16.8. The number of nitrogens with zero attached hydrogens (tertiary/aromatic N) is 3. The van der Waals surface area contributed by atoms with Crippen LogP contribution in [0.3, 0.4) is 0 Å². The van der Waals surface area contributed by atoms with Crippen LogP contribution in [0.1, 0.15) is 12.8 Å². The summed E-state index contributed by atoms with van der Waals surface area (Å²) in [6.45, 7) is 1.01. The molecule has 2 aromatic carbocycles. The molecule has 9 nitrogen and oxygen atoms in total. The highest BCUT2D eigenvalue weighted by atomic mass is 32.2. The number of amides is 1. The summed E-state index contributed by atoms with van der Waals surface area (Å²) in [6, 6.07) is 7.26. The van der Waals surface area contributed by atoms with Crippen LogP contribution in [0.4, 0.5) is 4.39 Å². The van der Waals surface area contributed by atoms with Gasteiger partial charge in [0.05, 0.1) is 35.9 Å². The largest absolute Gasteiger partial charge is 0.493 e. The number of thiazole rings is 1. The van der Waals surface area contributed by atoms with Crippen LogP contribution in [-0.4, -0.2) is 63.7 Å². The Balaban J connectivity index is 1.75. The molecule has 0 saturated carbocycles. The van der Waals surface area contributed by atoms with Gasteiger partial charge in [-0.3, -0.25) is 4.79 Å². The van der Waals surface area contributed by atoms with Crippen molar-refractivity contribution < 1.29 is 31.8 Å². The van der Waals surface area contributed by atoms with Gasteiger partial charge in [-0.2, -0.15) is 9.30 Å². The topological polar surface area (TPSA) is 99.4 Å². The van der Waals surface area contributed by atoms with Gasteiger partial charge in [-0.25, -0.2) is 12.8 Å². The van der Waals surface area contributed by atoms with Crippen molar-refractivity contribution in [1.82, 2.24) is 8.87 Å². The maximum atomic E-state index is 13.3. The number of fused-ring (bicyclic) bond motifs is 1. The number of ether oxygens (including phenoxy) is 3. The highest BCUT2D eigenvalue weighted by Crippen LogP contribution is 2.33. The van der Waals surface area contributed by atoms with Crippen LogP contribution in [0.15, 0.2) is 46.3 Å². The lowest BCUT2D eigenvalue weighted by atomic mass is 10.2. The second-order valence-electron chi connectivity index (χ2n) is 7.88. The molecule has 1 atom stereocenters.